The van der Waals surface area contributed by atoms with Gasteiger partial charge in [-0.15, -0.1) is 0 Å². The topological polar surface area (TPSA) is 57.6 Å². The molecule has 0 bridgehead atoms. The fourth-order valence-electron chi connectivity index (χ4n) is 4.09. The second-order valence-electron chi connectivity index (χ2n) is 7.16. The average molecular weight is 364 g/mol. The van der Waals surface area contributed by atoms with Crippen molar-refractivity contribution in [2.45, 2.75) is 75.8 Å². The molecule has 2 heterocycles. The van der Waals surface area contributed by atoms with Gasteiger partial charge in [-0.3, -0.25) is 0 Å². The van der Waals surface area contributed by atoms with Crippen molar-refractivity contribution in [2.75, 3.05) is 6.54 Å². The molecule has 0 spiro atoms. The molecule has 1 atom stereocenters. The molecule has 1 saturated heterocycles. The van der Waals surface area contributed by atoms with Crippen LogP contribution >= 0.6 is 0 Å². The molecular weight excluding hydrogens is 334 g/mol. The third-order valence-electron chi connectivity index (χ3n) is 5.51. The van der Waals surface area contributed by atoms with E-state index < -0.39 is 9.84 Å². The Hall–Kier alpha value is -1.33. The van der Waals surface area contributed by atoms with Crippen molar-refractivity contribution in [3.63, 3.8) is 0 Å². The number of hydrogen-bond acceptors (Lipinski definition) is 4. The Labute approximate surface area is 151 Å². The van der Waals surface area contributed by atoms with Crippen molar-refractivity contribution in [3.05, 3.63) is 40.4 Å². The van der Waals surface area contributed by atoms with Crippen molar-refractivity contribution in [3.8, 4) is 0 Å². The maximum Gasteiger partial charge on any atom is 0.204 e. The molecule has 0 saturated carbocycles. The normalized spacial score (nSPS) is 21.4. The van der Waals surface area contributed by atoms with E-state index in [2.05, 4.69) is 11.8 Å². The molecule has 2 aliphatic rings. The van der Waals surface area contributed by atoms with E-state index >= 15 is 0 Å². The van der Waals surface area contributed by atoms with Gasteiger partial charge in [-0.1, -0.05) is 25.5 Å². The summed E-state index contributed by atoms with van der Waals surface area (Å²) < 4.78 is 26.6. The zero-order valence-electron chi connectivity index (χ0n) is 15.1. The van der Waals surface area contributed by atoms with Crippen LogP contribution in [0.3, 0.4) is 0 Å². The molecule has 0 amide bonds. The molecule has 1 aromatic rings. The van der Waals surface area contributed by atoms with Crippen molar-refractivity contribution in [2.24, 2.45) is 0 Å². The van der Waals surface area contributed by atoms with Gasteiger partial charge in [0.05, 0.1) is 16.4 Å². The van der Waals surface area contributed by atoms with E-state index in [0.29, 0.717) is 22.3 Å². The molecule has 1 aromatic carbocycles. The Morgan fingerprint density at radius 2 is 1.92 bits per heavy atom. The first-order valence-electron chi connectivity index (χ1n) is 9.51. The monoisotopic (exact) mass is 363 g/mol. The summed E-state index contributed by atoms with van der Waals surface area (Å²) >= 11 is 0. The highest BCUT2D eigenvalue weighted by Crippen LogP contribution is 2.39. The summed E-state index contributed by atoms with van der Waals surface area (Å²) in [6.45, 7) is 3.07. The van der Waals surface area contributed by atoms with E-state index in [9.17, 15) is 13.5 Å². The van der Waals surface area contributed by atoms with Gasteiger partial charge < -0.3 is 10.0 Å². The highest BCUT2D eigenvalue weighted by molar-refractivity contribution is 7.95. The van der Waals surface area contributed by atoms with Crippen LogP contribution in [0, 0.1) is 0 Å². The van der Waals surface area contributed by atoms with Crippen LogP contribution in [0.15, 0.2) is 39.8 Å². The first kappa shape index (κ1) is 18.5. The lowest BCUT2D eigenvalue weighted by atomic mass is 9.92. The minimum absolute atomic E-state index is 0.0692. The predicted molar refractivity (Wildman–Crippen MR) is 99.7 cm³/mol. The lowest BCUT2D eigenvalue weighted by Crippen LogP contribution is -2.42. The quantitative estimate of drug-likeness (QED) is 0.830. The second kappa shape index (κ2) is 7.92. The molecule has 1 N–H and O–H groups in total. The van der Waals surface area contributed by atoms with Gasteiger partial charge in [0.1, 0.15) is 0 Å². The zero-order chi connectivity index (χ0) is 17.9. The van der Waals surface area contributed by atoms with Gasteiger partial charge in [0.15, 0.2) is 0 Å². The van der Waals surface area contributed by atoms with E-state index in [4.69, 9.17) is 0 Å². The van der Waals surface area contributed by atoms with Crippen molar-refractivity contribution in [1.82, 2.24) is 4.90 Å². The highest BCUT2D eigenvalue weighted by Gasteiger charge is 2.35. The SMILES string of the molecule is CCCCC1=C(S(=O)(=O)c2ccc(CO)cc2)CCC2CCCCN12. The van der Waals surface area contributed by atoms with Crippen LogP contribution in [-0.4, -0.2) is 31.0 Å². The van der Waals surface area contributed by atoms with E-state index in [0.717, 1.165) is 49.9 Å². The van der Waals surface area contributed by atoms with Crippen molar-refractivity contribution < 1.29 is 13.5 Å². The molecule has 3 rings (SSSR count). The van der Waals surface area contributed by atoms with Gasteiger partial charge in [-0.05, 0) is 62.6 Å². The maximum atomic E-state index is 13.3. The summed E-state index contributed by atoms with van der Waals surface area (Å²) in [5, 5.41) is 9.18. The summed E-state index contributed by atoms with van der Waals surface area (Å²) in [5.41, 5.74) is 1.81. The van der Waals surface area contributed by atoms with E-state index in [1.165, 1.54) is 12.8 Å². The molecular formula is C20H29NO3S. The minimum Gasteiger partial charge on any atom is -0.392 e. The number of sulfone groups is 1. The molecule has 5 heteroatoms. The number of aliphatic hydroxyl groups excluding tert-OH is 1. The van der Waals surface area contributed by atoms with Gasteiger partial charge in [-0.2, -0.15) is 0 Å². The smallest absolute Gasteiger partial charge is 0.204 e. The van der Waals surface area contributed by atoms with Gasteiger partial charge in [-0.25, -0.2) is 8.42 Å². The number of hydrogen-bond donors (Lipinski definition) is 1. The number of piperidine rings is 1. The molecule has 1 unspecified atom stereocenters. The average Bonchev–Trinajstić information content (AvgIpc) is 2.65. The summed E-state index contributed by atoms with van der Waals surface area (Å²) in [5.74, 6) is 0. The van der Waals surface area contributed by atoms with Crippen LogP contribution in [-0.2, 0) is 16.4 Å². The Morgan fingerprint density at radius 1 is 1.16 bits per heavy atom. The van der Waals surface area contributed by atoms with Gasteiger partial charge in [0, 0.05) is 18.3 Å². The molecule has 4 nitrogen and oxygen atoms in total. The fourth-order valence-corrected chi connectivity index (χ4v) is 5.79. The highest BCUT2D eigenvalue weighted by atomic mass is 32.2. The number of aliphatic hydroxyl groups is 1. The Kier molecular flexibility index (Phi) is 5.85. The first-order chi connectivity index (χ1) is 12.1. The molecule has 0 aromatic heterocycles. The van der Waals surface area contributed by atoms with Crippen molar-refractivity contribution in [1.29, 1.82) is 0 Å². The third kappa shape index (κ3) is 3.77. The second-order valence-corrected chi connectivity index (χ2v) is 9.13. The predicted octanol–water partition coefficient (Wildman–Crippen LogP) is 4.00. The third-order valence-corrected chi connectivity index (χ3v) is 7.49. The fraction of sp³-hybridized carbons (Fsp3) is 0.600. The number of fused-ring (bicyclic) bond motifs is 1. The Bertz CT molecular complexity index is 722. The lowest BCUT2D eigenvalue weighted by molar-refractivity contribution is 0.165. The standard InChI is InChI=1S/C20H29NO3S/c1-2-3-7-19-20(13-10-17-6-4-5-14-21(17)19)25(23,24)18-11-8-16(15-22)9-12-18/h8-9,11-12,17,22H,2-7,10,13-15H2,1H3. The number of benzene rings is 1. The van der Waals surface area contributed by atoms with E-state index in [-0.39, 0.29) is 6.61 Å². The van der Waals surface area contributed by atoms with Gasteiger partial charge in [0.2, 0.25) is 9.84 Å². The Balaban J connectivity index is 2.00. The van der Waals surface area contributed by atoms with Crippen LogP contribution in [0.4, 0.5) is 0 Å². The van der Waals surface area contributed by atoms with E-state index in [1.807, 2.05) is 0 Å². The van der Waals surface area contributed by atoms with Crippen molar-refractivity contribution >= 4 is 9.84 Å². The lowest BCUT2D eigenvalue weighted by Gasteiger charge is -2.43. The largest absolute Gasteiger partial charge is 0.392 e. The zero-order valence-corrected chi connectivity index (χ0v) is 15.9. The molecule has 25 heavy (non-hydrogen) atoms. The first-order valence-corrected chi connectivity index (χ1v) is 11.0. The summed E-state index contributed by atoms with van der Waals surface area (Å²) in [6.07, 6.45) is 8.16. The van der Waals surface area contributed by atoms with Crippen LogP contribution < -0.4 is 0 Å². The molecule has 2 aliphatic heterocycles. The number of nitrogens with zero attached hydrogens (tertiary/aromatic N) is 1. The van der Waals surface area contributed by atoms with Crippen LogP contribution in [0.25, 0.3) is 0 Å². The molecule has 1 fully saturated rings. The summed E-state index contributed by atoms with van der Waals surface area (Å²) in [4.78, 5) is 3.39. The van der Waals surface area contributed by atoms with E-state index in [1.54, 1.807) is 24.3 Å². The molecule has 138 valence electrons. The Morgan fingerprint density at radius 3 is 2.60 bits per heavy atom. The van der Waals surface area contributed by atoms with Gasteiger partial charge in [0.25, 0.3) is 0 Å². The number of rotatable bonds is 6. The molecule has 0 radical (unpaired) electrons. The molecule has 0 aliphatic carbocycles. The van der Waals surface area contributed by atoms with Crippen LogP contribution in [0.5, 0.6) is 0 Å². The number of allylic oxidation sites excluding steroid dienone is 2. The summed E-state index contributed by atoms with van der Waals surface area (Å²) in [6, 6.07) is 7.19. The number of unbranched alkanes of at least 4 members (excludes halogenated alkanes) is 1. The summed E-state index contributed by atoms with van der Waals surface area (Å²) in [7, 11) is -3.46. The van der Waals surface area contributed by atoms with Crippen LogP contribution in [0.2, 0.25) is 0 Å². The maximum absolute atomic E-state index is 13.3. The minimum atomic E-state index is -3.46. The van der Waals surface area contributed by atoms with Crippen LogP contribution in [0.1, 0.15) is 63.9 Å². The van der Waals surface area contributed by atoms with Gasteiger partial charge >= 0.3 is 0 Å².